The van der Waals surface area contributed by atoms with Gasteiger partial charge in [-0.1, -0.05) is 127 Å². The van der Waals surface area contributed by atoms with Gasteiger partial charge in [0.05, 0.1) is 16.7 Å². The Morgan fingerprint density at radius 3 is 1.64 bits per heavy atom. The van der Waals surface area contributed by atoms with Crippen molar-refractivity contribution in [2.45, 2.75) is 0 Å². The molecule has 274 valence electrons. The van der Waals surface area contributed by atoms with Crippen LogP contribution < -0.4 is 0 Å². The minimum absolute atomic E-state index is 0.559. The summed E-state index contributed by atoms with van der Waals surface area (Å²) in [5.41, 5.74) is 9.28. The molecule has 0 radical (unpaired) electrons. The Morgan fingerprint density at radius 2 is 0.881 bits per heavy atom. The SMILES string of the molecule is c1ccc(-c2nc(-c3ccc4c(c3)oc3ccccc34)nc(-c3ccc4c(c3)oc3c5ccccc5c(-n5c6ccccc6c6cc7ccccc7cc65)cc43)n2)cc1. The van der Waals surface area contributed by atoms with E-state index in [0.29, 0.717) is 17.5 Å². The molecule has 0 saturated heterocycles. The van der Waals surface area contributed by atoms with E-state index in [0.717, 1.165) is 82.5 Å². The van der Waals surface area contributed by atoms with Crippen molar-refractivity contribution < 1.29 is 8.83 Å². The van der Waals surface area contributed by atoms with Crippen LogP contribution in [0.2, 0.25) is 0 Å². The molecule has 0 aliphatic heterocycles. The summed E-state index contributed by atoms with van der Waals surface area (Å²) in [5.74, 6) is 1.72. The minimum atomic E-state index is 0.559. The maximum Gasteiger partial charge on any atom is 0.164 e. The number of nitrogens with zero attached hydrogens (tertiary/aromatic N) is 4. The standard InChI is InChI=1S/C53H30N4O2/c1-2-12-31(13-3-1)51-54-52(34-22-24-39-38-18-9-11-21-47(38)58-48(39)28-34)56-53(55-51)35-23-25-40-43-30-46(36-16-6-7-19-41(36)50(43)59-49(40)29-35)57-44-20-10-8-17-37(44)42-26-32-14-4-5-15-33(32)27-45(42)57/h1-30H. The Labute approximate surface area is 336 Å². The van der Waals surface area contributed by atoms with Gasteiger partial charge in [0, 0.05) is 59.8 Å². The molecule has 6 heteroatoms. The Hall–Kier alpha value is -8.09. The highest BCUT2D eigenvalue weighted by Crippen LogP contribution is 2.42. The van der Waals surface area contributed by atoms with E-state index >= 15 is 0 Å². The van der Waals surface area contributed by atoms with Gasteiger partial charge in [0.2, 0.25) is 0 Å². The Morgan fingerprint density at radius 1 is 0.322 bits per heavy atom. The van der Waals surface area contributed by atoms with Crippen molar-refractivity contribution in [1.82, 2.24) is 19.5 Å². The summed E-state index contributed by atoms with van der Waals surface area (Å²) in [6, 6.07) is 63.4. The smallest absolute Gasteiger partial charge is 0.164 e. The van der Waals surface area contributed by atoms with Crippen LogP contribution in [-0.4, -0.2) is 19.5 Å². The van der Waals surface area contributed by atoms with Crippen LogP contribution in [0.15, 0.2) is 191 Å². The zero-order valence-corrected chi connectivity index (χ0v) is 31.4. The average molecular weight is 755 g/mol. The molecule has 0 N–H and O–H groups in total. The van der Waals surface area contributed by atoms with Gasteiger partial charge in [0.25, 0.3) is 0 Å². The molecule has 0 aliphatic rings. The zero-order valence-electron chi connectivity index (χ0n) is 31.4. The van der Waals surface area contributed by atoms with Crippen molar-refractivity contribution in [3.63, 3.8) is 0 Å². The summed E-state index contributed by atoms with van der Waals surface area (Å²) < 4.78 is 15.5. The van der Waals surface area contributed by atoms with Crippen LogP contribution in [0.5, 0.6) is 0 Å². The fourth-order valence-electron chi connectivity index (χ4n) is 9.03. The van der Waals surface area contributed by atoms with Gasteiger partial charge in [-0.05, 0) is 65.4 Å². The summed E-state index contributed by atoms with van der Waals surface area (Å²) in [5, 5.41) is 11.3. The van der Waals surface area contributed by atoms with Gasteiger partial charge in [0.1, 0.15) is 22.3 Å². The monoisotopic (exact) mass is 754 g/mol. The number of fused-ring (bicyclic) bond motifs is 12. The minimum Gasteiger partial charge on any atom is -0.456 e. The van der Waals surface area contributed by atoms with Crippen LogP contribution in [-0.2, 0) is 0 Å². The number of para-hydroxylation sites is 2. The number of hydrogen-bond donors (Lipinski definition) is 0. The zero-order chi connectivity index (χ0) is 38.6. The Kier molecular flexibility index (Phi) is 6.63. The number of rotatable bonds is 4. The molecule has 0 spiro atoms. The van der Waals surface area contributed by atoms with Gasteiger partial charge in [-0.15, -0.1) is 0 Å². The maximum absolute atomic E-state index is 6.85. The second-order valence-electron chi connectivity index (χ2n) is 15.2. The van der Waals surface area contributed by atoms with Crippen molar-refractivity contribution in [2.24, 2.45) is 0 Å². The highest BCUT2D eigenvalue weighted by atomic mass is 16.3. The number of furan rings is 2. The molecule has 6 nitrogen and oxygen atoms in total. The summed E-state index contributed by atoms with van der Waals surface area (Å²) >= 11 is 0. The van der Waals surface area contributed by atoms with Gasteiger partial charge in [-0.2, -0.15) is 0 Å². The predicted octanol–water partition coefficient (Wildman–Crippen LogP) is 14.1. The van der Waals surface area contributed by atoms with Crippen LogP contribution in [0.4, 0.5) is 0 Å². The predicted molar refractivity (Wildman–Crippen MR) is 240 cm³/mol. The molecule has 0 aliphatic carbocycles. The molecule has 9 aromatic carbocycles. The first-order valence-corrected chi connectivity index (χ1v) is 19.8. The summed E-state index contributed by atoms with van der Waals surface area (Å²) in [6.45, 7) is 0. The number of hydrogen-bond acceptors (Lipinski definition) is 5. The molecule has 13 aromatic rings. The topological polar surface area (TPSA) is 69.9 Å². The fourth-order valence-corrected chi connectivity index (χ4v) is 9.03. The van der Waals surface area contributed by atoms with Crippen molar-refractivity contribution >= 4 is 87.2 Å². The first-order chi connectivity index (χ1) is 29.2. The molecule has 0 amide bonds. The van der Waals surface area contributed by atoms with Crippen molar-refractivity contribution in [3.8, 4) is 39.9 Å². The molecule has 0 atom stereocenters. The van der Waals surface area contributed by atoms with Crippen molar-refractivity contribution in [1.29, 1.82) is 0 Å². The van der Waals surface area contributed by atoms with Gasteiger partial charge in [-0.3, -0.25) is 0 Å². The van der Waals surface area contributed by atoms with Crippen LogP contribution >= 0.6 is 0 Å². The summed E-state index contributed by atoms with van der Waals surface area (Å²) in [4.78, 5) is 15.1. The lowest BCUT2D eigenvalue weighted by atomic mass is 10.0. The van der Waals surface area contributed by atoms with Crippen molar-refractivity contribution in [2.75, 3.05) is 0 Å². The lowest BCUT2D eigenvalue weighted by molar-refractivity contribution is 0.669. The van der Waals surface area contributed by atoms with E-state index in [9.17, 15) is 0 Å². The third-order valence-corrected chi connectivity index (χ3v) is 11.8. The molecule has 4 aromatic heterocycles. The van der Waals surface area contributed by atoms with E-state index in [1.807, 2.05) is 54.6 Å². The van der Waals surface area contributed by atoms with Crippen LogP contribution in [0, 0.1) is 0 Å². The molecule has 4 heterocycles. The third-order valence-electron chi connectivity index (χ3n) is 11.8. The van der Waals surface area contributed by atoms with E-state index < -0.39 is 0 Å². The largest absolute Gasteiger partial charge is 0.456 e. The normalized spacial score (nSPS) is 12.1. The quantitative estimate of drug-likeness (QED) is 0.179. The lowest BCUT2D eigenvalue weighted by Gasteiger charge is -2.13. The molecule has 0 bridgehead atoms. The van der Waals surface area contributed by atoms with E-state index in [2.05, 4.69) is 132 Å². The van der Waals surface area contributed by atoms with Crippen LogP contribution in [0.3, 0.4) is 0 Å². The number of aromatic nitrogens is 4. The second-order valence-corrected chi connectivity index (χ2v) is 15.2. The fraction of sp³-hybridized carbons (Fsp3) is 0. The Balaban J connectivity index is 1.01. The molecule has 13 rings (SSSR count). The first kappa shape index (κ1) is 32.0. The highest BCUT2D eigenvalue weighted by Gasteiger charge is 2.21. The molecule has 59 heavy (non-hydrogen) atoms. The summed E-state index contributed by atoms with van der Waals surface area (Å²) in [7, 11) is 0. The molecular weight excluding hydrogens is 725 g/mol. The van der Waals surface area contributed by atoms with Gasteiger partial charge in [0.15, 0.2) is 17.5 Å². The van der Waals surface area contributed by atoms with Gasteiger partial charge >= 0.3 is 0 Å². The second kappa shape index (κ2) is 12.2. The maximum atomic E-state index is 6.85. The van der Waals surface area contributed by atoms with Gasteiger partial charge < -0.3 is 13.4 Å². The molecule has 0 saturated carbocycles. The lowest BCUT2D eigenvalue weighted by Crippen LogP contribution is -2.00. The van der Waals surface area contributed by atoms with Crippen LogP contribution in [0.1, 0.15) is 0 Å². The van der Waals surface area contributed by atoms with E-state index in [1.165, 1.54) is 27.1 Å². The average Bonchev–Trinajstić information content (AvgIpc) is 3.97. The van der Waals surface area contributed by atoms with E-state index in [4.69, 9.17) is 23.8 Å². The molecule has 0 unspecified atom stereocenters. The van der Waals surface area contributed by atoms with E-state index in [1.54, 1.807) is 0 Å². The summed E-state index contributed by atoms with van der Waals surface area (Å²) in [6.07, 6.45) is 0. The van der Waals surface area contributed by atoms with E-state index in [-0.39, 0.29) is 0 Å². The van der Waals surface area contributed by atoms with Gasteiger partial charge in [-0.25, -0.2) is 15.0 Å². The number of benzene rings is 9. The Bertz CT molecular complexity index is 3860. The third kappa shape index (κ3) is 4.84. The highest BCUT2D eigenvalue weighted by molar-refractivity contribution is 6.20. The van der Waals surface area contributed by atoms with Crippen LogP contribution in [0.25, 0.3) is 127 Å². The molecule has 0 fully saturated rings. The molecular formula is C53H30N4O2. The first-order valence-electron chi connectivity index (χ1n) is 19.8. The van der Waals surface area contributed by atoms with Crippen molar-refractivity contribution in [3.05, 3.63) is 182 Å².